The van der Waals surface area contributed by atoms with Crippen molar-refractivity contribution in [2.45, 2.75) is 0 Å². The molecule has 0 saturated heterocycles. The summed E-state index contributed by atoms with van der Waals surface area (Å²) < 4.78 is 5.06. The van der Waals surface area contributed by atoms with Crippen molar-refractivity contribution in [2.75, 3.05) is 11.9 Å². The second kappa shape index (κ2) is 3.65. The fourth-order valence-electron chi connectivity index (χ4n) is 1.35. The minimum atomic E-state index is -1.54. The fourth-order valence-corrected chi connectivity index (χ4v) is 1.35. The summed E-state index contributed by atoms with van der Waals surface area (Å²) in [6.45, 7) is -0.0841. The number of benzene rings is 1. The van der Waals surface area contributed by atoms with Gasteiger partial charge in [0, 0.05) is 5.56 Å². The Kier molecular flexibility index (Phi) is 2.32. The molecule has 0 atom stereocenters. The van der Waals surface area contributed by atoms with E-state index >= 15 is 0 Å². The highest BCUT2D eigenvalue weighted by Crippen LogP contribution is 2.28. The molecule has 0 bridgehead atoms. The molecule has 0 radical (unpaired) electrons. The number of hydrogen-bond donors (Lipinski definition) is 2. The summed E-state index contributed by atoms with van der Waals surface area (Å²) in [5, 5.41) is 11.0. The van der Waals surface area contributed by atoms with Crippen molar-refractivity contribution in [3.8, 4) is 5.75 Å². The number of rotatable bonds is 2. The average molecular weight is 221 g/mol. The fraction of sp³-hybridized carbons (Fsp3) is 0.100. The second-order valence-corrected chi connectivity index (χ2v) is 3.18. The van der Waals surface area contributed by atoms with Gasteiger partial charge in [0.05, 0.1) is 5.69 Å². The van der Waals surface area contributed by atoms with Crippen LogP contribution in [0.4, 0.5) is 5.69 Å². The summed E-state index contributed by atoms with van der Waals surface area (Å²) in [5.74, 6) is -2.49. The van der Waals surface area contributed by atoms with Gasteiger partial charge in [0.15, 0.2) is 6.61 Å². The van der Waals surface area contributed by atoms with Gasteiger partial charge in [-0.3, -0.25) is 9.59 Å². The Balaban J connectivity index is 2.38. The van der Waals surface area contributed by atoms with Crippen LogP contribution in [0.25, 0.3) is 0 Å². The first kappa shape index (κ1) is 10.2. The Bertz CT molecular complexity index is 494. The van der Waals surface area contributed by atoms with E-state index < -0.39 is 11.8 Å². The molecule has 0 spiro atoms. The van der Waals surface area contributed by atoms with Crippen molar-refractivity contribution in [1.82, 2.24) is 0 Å². The Morgan fingerprint density at radius 3 is 2.81 bits per heavy atom. The average Bonchev–Trinajstić information content (AvgIpc) is 2.26. The molecule has 2 N–H and O–H groups in total. The number of ether oxygens (including phenoxy) is 1. The number of nitrogens with one attached hydrogen (secondary N) is 1. The summed E-state index contributed by atoms with van der Waals surface area (Å²) >= 11 is 0. The second-order valence-electron chi connectivity index (χ2n) is 3.18. The molecule has 1 amide bonds. The number of anilines is 1. The molecule has 82 valence electrons. The smallest absolute Gasteiger partial charge is 0.377 e. The van der Waals surface area contributed by atoms with Gasteiger partial charge in [-0.15, -0.1) is 0 Å². The SMILES string of the molecule is O=C1COc2ccc(C(=O)C(=O)O)cc2N1. The van der Waals surface area contributed by atoms with E-state index in [1.54, 1.807) is 0 Å². The van der Waals surface area contributed by atoms with Gasteiger partial charge in [0.2, 0.25) is 0 Å². The molecule has 0 aromatic heterocycles. The molecular weight excluding hydrogens is 214 g/mol. The maximum absolute atomic E-state index is 11.2. The monoisotopic (exact) mass is 221 g/mol. The van der Waals surface area contributed by atoms with E-state index in [-0.39, 0.29) is 18.1 Å². The molecule has 6 heteroatoms. The molecular formula is C10H7NO5. The molecule has 0 unspecified atom stereocenters. The molecule has 2 rings (SSSR count). The molecule has 1 aromatic rings. The van der Waals surface area contributed by atoms with E-state index in [4.69, 9.17) is 9.84 Å². The third-order valence-electron chi connectivity index (χ3n) is 2.07. The van der Waals surface area contributed by atoms with Gasteiger partial charge in [0.25, 0.3) is 11.7 Å². The Morgan fingerprint density at radius 2 is 2.12 bits per heavy atom. The van der Waals surface area contributed by atoms with Crippen LogP contribution in [0.5, 0.6) is 5.75 Å². The lowest BCUT2D eigenvalue weighted by Crippen LogP contribution is -2.25. The van der Waals surface area contributed by atoms with Gasteiger partial charge in [-0.1, -0.05) is 0 Å². The summed E-state index contributed by atoms with van der Waals surface area (Å²) in [6.07, 6.45) is 0. The van der Waals surface area contributed by atoms with Crippen LogP contribution in [-0.2, 0) is 9.59 Å². The quantitative estimate of drug-likeness (QED) is 0.552. The molecule has 0 saturated carbocycles. The van der Waals surface area contributed by atoms with Gasteiger partial charge in [0.1, 0.15) is 5.75 Å². The normalized spacial score (nSPS) is 13.4. The largest absolute Gasteiger partial charge is 0.482 e. The zero-order valence-electron chi connectivity index (χ0n) is 8.02. The van der Waals surface area contributed by atoms with Gasteiger partial charge >= 0.3 is 5.97 Å². The third-order valence-corrected chi connectivity index (χ3v) is 2.07. The van der Waals surface area contributed by atoms with Crippen LogP contribution in [-0.4, -0.2) is 29.4 Å². The van der Waals surface area contributed by atoms with E-state index in [0.29, 0.717) is 11.4 Å². The molecule has 1 aliphatic rings. The predicted molar refractivity (Wildman–Crippen MR) is 52.5 cm³/mol. The minimum absolute atomic E-state index is 0.00273. The summed E-state index contributed by atoms with van der Waals surface area (Å²) in [7, 11) is 0. The lowest BCUT2D eigenvalue weighted by atomic mass is 10.1. The van der Waals surface area contributed by atoms with E-state index in [0.717, 1.165) is 0 Å². The number of amides is 1. The van der Waals surface area contributed by atoms with E-state index in [1.165, 1.54) is 18.2 Å². The van der Waals surface area contributed by atoms with Crippen LogP contribution in [0.3, 0.4) is 0 Å². The topological polar surface area (TPSA) is 92.7 Å². The molecule has 0 aliphatic carbocycles. The van der Waals surface area contributed by atoms with E-state index in [2.05, 4.69) is 5.32 Å². The van der Waals surface area contributed by atoms with Crippen molar-refractivity contribution >= 4 is 23.3 Å². The molecule has 6 nitrogen and oxygen atoms in total. The predicted octanol–water partition coefficient (Wildman–Crippen LogP) is 0.285. The Labute approximate surface area is 89.8 Å². The first-order chi connectivity index (χ1) is 7.58. The van der Waals surface area contributed by atoms with Crippen molar-refractivity contribution < 1.29 is 24.2 Å². The van der Waals surface area contributed by atoms with Crippen LogP contribution in [0.2, 0.25) is 0 Å². The maximum atomic E-state index is 11.2. The number of Topliss-reactive ketones (excluding diaryl/α,β-unsaturated/α-hetero) is 1. The van der Waals surface area contributed by atoms with Crippen LogP contribution in [0, 0.1) is 0 Å². The molecule has 0 fully saturated rings. The summed E-state index contributed by atoms with van der Waals surface area (Å²) in [6, 6.07) is 4.07. The van der Waals surface area contributed by atoms with Crippen molar-refractivity contribution in [3.63, 3.8) is 0 Å². The van der Waals surface area contributed by atoms with Crippen LogP contribution in [0.1, 0.15) is 10.4 Å². The van der Waals surface area contributed by atoms with Crippen molar-refractivity contribution in [1.29, 1.82) is 0 Å². The van der Waals surface area contributed by atoms with Gasteiger partial charge in [-0.2, -0.15) is 0 Å². The summed E-state index contributed by atoms with van der Waals surface area (Å²) in [4.78, 5) is 32.6. The lowest BCUT2D eigenvalue weighted by molar-refractivity contribution is -0.131. The Hall–Kier alpha value is -2.37. The number of carbonyl (C=O) groups is 3. The van der Waals surface area contributed by atoms with E-state index in [1.807, 2.05) is 0 Å². The highest BCUT2D eigenvalue weighted by atomic mass is 16.5. The standard InChI is InChI=1S/C10H7NO5/c12-8-4-16-7-2-1-5(3-6(7)11-8)9(13)10(14)15/h1-3H,4H2,(H,11,12)(H,14,15). The van der Waals surface area contributed by atoms with Crippen LogP contribution < -0.4 is 10.1 Å². The van der Waals surface area contributed by atoms with Gasteiger partial charge < -0.3 is 15.2 Å². The minimum Gasteiger partial charge on any atom is -0.482 e. The highest BCUT2D eigenvalue weighted by molar-refractivity contribution is 6.40. The molecule has 16 heavy (non-hydrogen) atoms. The number of hydrogen-bond acceptors (Lipinski definition) is 4. The van der Waals surface area contributed by atoms with Crippen molar-refractivity contribution in [3.05, 3.63) is 23.8 Å². The number of carboxylic acid groups (broad SMARTS) is 1. The number of carbonyl (C=O) groups excluding carboxylic acids is 2. The summed E-state index contributed by atoms with van der Waals surface area (Å²) in [5.41, 5.74) is 0.306. The first-order valence-corrected chi connectivity index (χ1v) is 4.42. The molecule has 1 aliphatic heterocycles. The molecule has 1 heterocycles. The number of ketones is 1. The number of carboxylic acids is 1. The van der Waals surface area contributed by atoms with Crippen molar-refractivity contribution in [2.24, 2.45) is 0 Å². The first-order valence-electron chi connectivity index (χ1n) is 4.42. The van der Waals surface area contributed by atoms with Crippen LogP contribution in [0.15, 0.2) is 18.2 Å². The Morgan fingerprint density at radius 1 is 1.38 bits per heavy atom. The van der Waals surface area contributed by atoms with Gasteiger partial charge in [-0.25, -0.2) is 4.79 Å². The van der Waals surface area contributed by atoms with Crippen LogP contribution >= 0.6 is 0 Å². The number of fused-ring (bicyclic) bond motifs is 1. The molecule has 1 aromatic carbocycles. The zero-order chi connectivity index (χ0) is 11.7. The van der Waals surface area contributed by atoms with Gasteiger partial charge in [-0.05, 0) is 18.2 Å². The zero-order valence-corrected chi connectivity index (χ0v) is 8.02. The third kappa shape index (κ3) is 1.72. The lowest BCUT2D eigenvalue weighted by Gasteiger charge is -2.17. The van der Waals surface area contributed by atoms with E-state index in [9.17, 15) is 14.4 Å². The number of aliphatic carboxylic acids is 1. The highest BCUT2D eigenvalue weighted by Gasteiger charge is 2.20. The maximum Gasteiger partial charge on any atom is 0.377 e.